The molecule has 5 nitrogen and oxygen atoms in total. The van der Waals surface area contributed by atoms with Crippen molar-refractivity contribution < 1.29 is 4.79 Å². The largest absolute Gasteiger partial charge is 0.342 e. The van der Waals surface area contributed by atoms with Crippen molar-refractivity contribution in [2.24, 2.45) is 5.92 Å². The van der Waals surface area contributed by atoms with Crippen LogP contribution in [0.4, 0.5) is 0 Å². The lowest BCUT2D eigenvalue weighted by molar-refractivity contribution is -0.132. The first kappa shape index (κ1) is 18.2. The van der Waals surface area contributed by atoms with E-state index in [1.54, 1.807) is 0 Å². The highest BCUT2D eigenvalue weighted by Gasteiger charge is 2.28. The molecule has 0 bridgehead atoms. The number of rotatable bonds is 6. The van der Waals surface area contributed by atoms with Crippen molar-refractivity contribution in [2.75, 3.05) is 13.1 Å². The zero-order chi connectivity index (χ0) is 18.5. The van der Waals surface area contributed by atoms with E-state index in [9.17, 15) is 4.79 Å². The molecule has 144 valence electrons. The summed E-state index contributed by atoms with van der Waals surface area (Å²) in [5.74, 6) is 2.58. The van der Waals surface area contributed by atoms with Gasteiger partial charge in [0.05, 0.1) is 0 Å². The van der Waals surface area contributed by atoms with Crippen molar-refractivity contribution in [3.63, 3.8) is 0 Å². The van der Waals surface area contributed by atoms with Crippen LogP contribution in [-0.4, -0.2) is 38.4 Å². The molecule has 27 heavy (non-hydrogen) atoms. The van der Waals surface area contributed by atoms with Gasteiger partial charge in [0.15, 0.2) is 0 Å². The smallest absolute Gasteiger partial charge is 0.222 e. The van der Waals surface area contributed by atoms with Gasteiger partial charge in [-0.25, -0.2) is 4.98 Å². The fourth-order valence-corrected chi connectivity index (χ4v) is 4.70. The van der Waals surface area contributed by atoms with Crippen LogP contribution in [0, 0.1) is 5.92 Å². The summed E-state index contributed by atoms with van der Waals surface area (Å²) in [7, 11) is 0. The molecule has 0 radical (unpaired) electrons. The number of amides is 1. The monoisotopic (exact) mass is 366 g/mol. The molecule has 0 spiro atoms. The fraction of sp³-hybridized carbons (Fsp3) is 0.591. The van der Waals surface area contributed by atoms with Gasteiger partial charge in [0.1, 0.15) is 5.82 Å². The number of hydrogen-bond acceptors (Lipinski definition) is 3. The van der Waals surface area contributed by atoms with E-state index in [0.29, 0.717) is 11.8 Å². The van der Waals surface area contributed by atoms with Crippen LogP contribution < -0.4 is 0 Å². The molecule has 1 saturated carbocycles. The van der Waals surface area contributed by atoms with E-state index >= 15 is 0 Å². The van der Waals surface area contributed by atoms with Crippen molar-refractivity contribution in [2.45, 2.75) is 63.8 Å². The molecule has 3 heterocycles. The van der Waals surface area contributed by atoms with Gasteiger partial charge in [0.25, 0.3) is 0 Å². The van der Waals surface area contributed by atoms with E-state index < -0.39 is 0 Å². The Morgan fingerprint density at radius 1 is 1.07 bits per heavy atom. The molecular weight excluding hydrogens is 336 g/mol. The molecular formula is C22H30N4O. The van der Waals surface area contributed by atoms with E-state index in [1.165, 1.54) is 31.2 Å². The van der Waals surface area contributed by atoms with Gasteiger partial charge in [-0.3, -0.25) is 9.78 Å². The van der Waals surface area contributed by atoms with E-state index in [4.69, 9.17) is 0 Å². The summed E-state index contributed by atoms with van der Waals surface area (Å²) in [6.07, 6.45) is 16.9. The third-order valence-electron chi connectivity index (χ3n) is 6.23. The lowest BCUT2D eigenvalue weighted by Gasteiger charge is -2.33. The van der Waals surface area contributed by atoms with E-state index in [-0.39, 0.29) is 0 Å². The second-order valence-corrected chi connectivity index (χ2v) is 8.14. The second kappa shape index (κ2) is 8.68. The van der Waals surface area contributed by atoms with Gasteiger partial charge in [0, 0.05) is 56.8 Å². The number of piperidine rings is 1. The predicted molar refractivity (Wildman–Crippen MR) is 105 cm³/mol. The Morgan fingerprint density at radius 3 is 2.70 bits per heavy atom. The van der Waals surface area contributed by atoms with Crippen molar-refractivity contribution in [1.82, 2.24) is 19.4 Å². The number of likely N-dealkylation sites (tertiary alicyclic amines) is 1. The fourth-order valence-electron chi connectivity index (χ4n) is 4.70. The molecule has 1 aliphatic carbocycles. The highest BCUT2D eigenvalue weighted by Crippen LogP contribution is 2.30. The Balaban J connectivity index is 1.37. The molecule has 0 N–H and O–H groups in total. The maximum absolute atomic E-state index is 12.7. The summed E-state index contributed by atoms with van der Waals surface area (Å²) in [6, 6.07) is 4.09. The Bertz CT molecular complexity index is 736. The molecule has 1 atom stereocenters. The summed E-state index contributed by atoms with van der Waals surface area (Å²) in [6.45, 7) is 2.53. The number of carbonyl (C=O) groups excluding carboxylic acids is 1. The van der Waals surface area contributed by atoms with Crippen LogP contribution >= 0.6 is 0 Å². The normalized spacial score (nSPS) is 20.9. The van der Waals surface area contributed by atoms with Crippen LogP contribution in [0.5, 0.6) is 0 Å². The minimum atomic E-state index is 0.339. The molecule has 4 rings (SSSR count). The number of carbonyl (C=O) groups is 1. The first-order valence-corrected chi connectivity index (χ1v) is 10.5. The minimum Gasteiger partial charge on any atom is -0.342 e. The third kappa shape index (κ3) is 4.57. The van der Waals surface area contributed by atoms with Crippen LogP contribution in [-0.2, 0) is 11.3 Å². The molecule has 5 heteroatoms. The zero-order valence-corrected chi connectivity index (χ0v) is 16.1. The number of imidazole rings is 1. The summed E-state index contributed by atoms with van der Waals surface area (Å²) in [5.41, 5.74) is 1.23. The van der Waals surface area contributed by atoms with Crippen LogP contribution in [0.2, 0.25) is 0 Å². The van der Waals surface area contributed by atoms with Gasteiger partial charge >= 0.3 is 0 Å². The lowest BCUT2D eigenvalue weighted by atomic mass is 9.95. The van der Waals surface area contributed by atoms with Gasteiger partial charge in [-0.15, -0.1) is 0 Å². The Morgan fingerprint density at radius 2 is 1.89 bits per heavy atom. The standard InChI is InChI=1S/C22H30N4O/c27-21(8-7-18-4-1-2-5-18)25-14-3-6-20(17-25)22-24-13-15-26(22)16-19-9-11-23-12-10-19/h9-13,15,18,20H,1-8,14,16-17H2. The molecule has 1 aliphatic heterocycles. The topological polar surface area (TPSA) is 51.0 Å². The maximum atomic E-state index is 12.7. The third-order valence-corrected chi connectivity index (χ3v) is 6.23. The van der Waals surface area contributed by atoms with Gasteiger partial charge in [-0.1, -0.05) is 25.7 Å². The number of pyridine rings is 1. The second-order valence-electron chi connectivity index (χ2n) is 8.14. The molecule has 2 fully saturated rings. The number of nitrogens with zero attached hydrogens (tertiary/aromatic N) is 4. The SMILES string of the molecule is O=C(CCC1CCCC1)N1CCCC(c2nccn2Cc2ccncc2)C1. The first-order valence-electron chi connectivity index (χ1n) is 10.5. The molecule has 2 aliphatic rings. The van der Waals surface area contributed by atoms with Crippen LogP contribution in [0.3, 0.4) is 0 Å². The van der Waals surface area contributed by atoms with E-state index in [0.717, 1.165) is 57.1 Å². The lowest BCUT2D eigenvalue weighted by Crippen LogP contribution is -2.39. The predicted octanol–water partition coefficient (Wildman–Crippen LogP) is 4.00. The molecule has 2 aromatic rings. The van der Waals surface area contributed by atoms with Gasteiger partial charge in [-0.05, 0) is 42.9 Å². The zero-order valence-electron chi connectivity index (χ0n) is 16.1. The van der Waals surface area contributed by atoms with Crippen molar-refractivity contribution >= 4 is 5.91 Å². The average molecular weight is 367 g/mol. The first-order chi connectivity index (χ1) is 13.3. The molecule has 1 unspecified atom stereocenters. The molecule has 2 aromatic heterocycles. The van der Waals surface area contributed by atoms with E-state index in [1.807, 2.05) is 30.7 Å². The van der Waals surface area contributed by atoms with Gasteiger partial charge in [-0.2, -0.15) is 0 Å². The van der Waals surface area contributed by atoms with Crippen molar-refractivity contribution in [3.8, 4) is 0 Å². The maximum Gasteiger partial charge on any atom is 0.222 e. The highest BCUT2D eigenvalue weighted by atomic mass is 16.2. The summed E-state index contributed by atoms with van der Waals surface area (Å²) >= 11 is 0. The van der Waals surface area contributed by atoms with Crippen LogP contribution in [0.15, 0.2) is 36.9 Å². The van der Waals surface area contributed by atoms with Crippen molar-refractivity contribution in [1.29, 1.82) is 0 Å². The molecule has 1 saturated heterocycles. The number of hydrogen-bond donors (Lipinski definition) is 0. The average Bonchev–Trinajstić information content (AvgIpc) is 3.39. The van der Waals surface area contributed by atoms with Crippen molar-refractivity contribution in [3.05, 3.63) is 48.3 Å². The Kier molecular flexibility index (Phi) is 5.85. The minimum absolute atomic E-state index is 0.339. The highest BCUT2D eigenvalue weighted by molar-refractivity contribution is 5.76. The summed E-state index contributed by atoms with van der Waals surface area (Å²) in [4.78, 5) is 23.6. The van der Waals surface area contributed by atoms with E-state index in [2.05, 4.69) is 25.6 Å². The quantitative estimate of drug-likeness (QED) is 0.776. The van der Waals surface area contributed by atoms with Gasteiger partial charge in [0.2, 0.25) is 5.91 Å². The Labute approximate surface area is 161 Å². The molecule has 0 aromatic carbocycles. The summed E-state index contributed by atoms with van der Waals surface area (Å²) in [5, 5.41) is 0. The Hall–Kier alpha value is -2.17. The van der Waals surface area contributed by atoms with Crippen LogP contribution in [0.1, 0.15) is 68.7 Å². The molecule has 1 amide bonds. The number of aromatic nitrogens is 3. The van der Waals surface area contributed by atoms with Gasteiger partial charge < -0.3 is 9.47 Å². The summed E-state index contributed by atoms with van der Waals surface area (Å²) < 4.78 is 2.23. The van der Waals surface area contributed by atoms with Crippen LogP contribution in [0.25, 0.3) is 0 Å².